The maximum absolute atomic E-state index is 12.3. The fourth-order valence-electron chi connectivity index (χ4n) is 2.98. The molecule has 3 rings (SSSR count). The minimum atomic E-state index is -0.428. The van der Waals surface area contributed by atoms with Crippen molar-refractivity contribution >= 4 is 29.1 Å². The van der Waals surface area contributed by atoms with E-state index in [1.54, 1.807) is 12.1 Å². The highest BCUT2D eigenvalue weighted by Gasteiger charge is 2.09. The van der Waals surface area contributed by atoms with Crippen LogP contribution in [0, 0.1) is 13.8 Å². The summed E-state index contributed by atoms with van der Waals surface area (Å²) in [5.41, 5.74) is 9.53. The molecule has 0 fully saturated rings. The third kappa shape index (κ3) is 6.65. The van der Waals surface area contributed by atoms with E-state index in [9.17, 15) is 9.59 Å². The molecule has 31 heavy (non-hydrogen) atoms. The molecule has 3 aromatic carbocycles. The van der Waals surface area contributed by atoms with Crippen LogP contribution in [0.1, 0.15) is 21.5 Å². The Labute approximate surface area is 186 Å². The summed E-state index contributed by atoms with van der Waals surface area (Å²) in [6.07, 6.45) is 0. The molecular weight excluding hydrogens is 410 g/mol. The molecule has 0 atom stereocenters. The molecule has 0 spiro atoms. The predicted octanol–water partition coefficient (Wildman–Crippen LogP) is 3.68. The number of carbonyl (C=O) groups is 2. The summed E-state index contributed by atoms with van der Waals surface area (Å²) in [6.45, 7) is 3.73. The van der Waals surface area contributed by atoms with Crippen LogP contribution in [0.2, 0.25) is 0 Å². The van der Waals surface area contributed by atoms with Crippen LogP contribution in [-0.4, -0.2) is 23.5 Å². The summed E-state index contributed by atoms with van der Waals surface area (Å²) >= 11 is 5.06. The van der Waals surface area contributed by atoms with Crippen molar-refractivity contribution in [1.82, 2.24) is 16.2 Å². The van der Waals surface area contributed by atoms with E-state index in [-0.39, 0.29) is 17.6 Å². The summed E-state index contributed by atoms with van der Waals surface area (Å²) in [6, 6.07) is 22.8. The second-order valence-electron chi connectivity index (χ2n) is 7.01. The van der Waals surface area contributed by atoms with Crippen molar-refractivity contribution in [2.45, 2.75) is 13.8 Å². The highest BCUT2D eigenvalue weighted by atomic mass is 32.1. The number of aryl methyl sites for hydroxylation is 2. The van der Waals surface area contributed by atoms with Crippen LogP contribution in [0.15, 0.2) is 72.8 Å². The van der Waals surface area contributed by atoms with Crippen LogP contribution >= 0.6 is 12.2 Å². The summed E-state index contributed by atoms with van der Waals surface area (Å²) < 4.78 is 5.48. The fraction of sp³-hybridized carbons (Fsp3) is 0.125. The van der Waals surface area contributed by atoms with E-state index >= 15 is 0 Å². The average molecular weight is 434 g/mol. The quantitative estimate of drug-likeness (QED) is 0.423. The van der Waals surface area contributed by atoms with Gasteiger partial charge in [-0.3, -0.25) is 25.8 Å². The first kappa shape index (κ1) is 22.0. The summed E-state index contributed by atoms with van der Waals surface area (Å²) in [7, 11) is 0. The van der Waals surface area contributed by atoms with Gasteiger partial charge in [-0.15, -0.1) is 0 Å². The second-order valence-corrected chi connectivity index (χ2v) is 7.42. The number of hydrogen-bond acceptors (Lipinski definition) is 4. The van der Waals surface area contributed by atoms with Gasteiger partial charge in [-0.1, -0.05) is 48.5 Å². The summed E-state index contributed by atoms with van der Waals surface area (Å²) in [5, 5.41) is 2.51. The van der Waals surface area contributed by atoms with E-state index in [0.717, 1.165) is 22.3 Å². The first-order valence-electron chi connectivity index (χ1n) is 9.67. The monoisotopic (exact) mass is 433 g/mol. The Hall–Kier alpha value is -3.71. The Balaban J connectivity index is 1.44. The van der Waals surface area contributed by atoms with Gasteiger partial charge in [0.15, 0.2) is 11.7 Å². The molecule has 0 unspecified atom stereocenters. The van der Waals surface area contributed by atoms with Crippen molar-refractivity contribution in [3.8, 4) is 16.9 Å². The van der Waals surface area contributed by atoms with Crippen molar-refractivity contribution in [3.05, 3.63) is 89.5 Å². The Bertz CT molecular complexity index is 1060. The van der Waals surface area contributed by atoms with Gasteiger partial charge in [0.2, 0.25) is 0 Å². The SMILES string of the molecule is Cc1cc(C)cc(OCC(=O)NNC(=S)NC(=O)c2ccc(-c3ccccc3)cc2)c1. The maximum Gasteiger partial charge on any atom is 0.276 e. The zero-order chi connectivity index (χ0) is 22.2. The van der Waals surface area contributed by atoms with E-state index in [2.05, 4.69) is 16.2 Å². The molecule has 3 aromatic rings. The van der Waals surface area contributed by atoms with Crippen molar-refractivity contribution in [3.63, 3.8) is 0 Å². The zero-order valence-electron chi connectivity index (χ0n) is 17.3. The van der Waals surface area contributed by atoms with Gasteiger partial charge in [0, 0.05) is 5.56 Å². The Kier molecular flexibility index (Phi) is 7.35. The number of hydrazine groups is 1. The molecule has 0 aliphatic heterocycles. The van der Waals surface area contributed by atoms with Gasteiger partial charge in [-0.25, -0.2) is 0 Å². The van der Waals surface area contributed by atoms with Crippen LogP contribution in [0.3, 0.4) is 0 Å². The molecule has 3 N–H and O–H groups in total. The summed E-state index contributed by atoms with van der Waals surface area (Å²) in [5.74, 6) is -0.191. The van der Waals surface area contributed by atoms with Crippen molar-refractivity contribution < 1.29 is 14.3 Å². The third-order valence-electron chi connectivity index (χ3n) is 4.36. The summed E-state index contributed by atoms with van der Waals surface area (Å²) in [4.78, 5) is 24.3. The molecule has 0 bridgehead atoms. The van der Waals surface area contributed by atoms with Crippen LogP contribution in [-0.2, 0) is 4.79 Å². The lowest BCUT2D eigenvalue weighted by Crippen LogP contribution is -2.49. The maximum atomic E-state index is 12.3. The number of carbonyl (C=O) groups excluding carboxylic acids is 2. The molecule has 2 amide bonds. The molecule has 7 heteroatoms. The van der Waals surface area contributed by atoms with Gasteiger partial charge >= 0.3 is 0 Å². The second kappa shape index (κ2) is 10.4. The van der Waals surface area contributed by atoms with Gasteiger partial charge < -0.3 is 4.74 Å². The topological polar surface area (TPSA) is 79.5 Å². The molecule has 0 aliphatic rings. The van der Waals surface area contributed by atoms with Crippen LogP contribution in [0.25, 0.3) is 11.1 Å². The third-order valence-corrected chi connectivity index (χ3v) is 4.57. The normalized spacial score (nSPS) is 10.1. The average Bonchev–Trinajstić information content (AvgIpc) is 2.76. The smallest absolute Gasteiger partial charge is 0.276 e. The first-order chi connectivity index (χ1) is 14.9. The number of thiocarbonyl (C=S) groups is 1. The van der Waals surface area contributed by atoms with Crippen LogP contribution in [0.5, 0.6) is 5.75 Å². The van der Waals surface area contributed by atoms with Gasteiger partial charge in [-0.05, 0) is 72.6 Å². The highest BCUT2D eigenvalue weighted by Crippen LogP contribution is 2.19. The lowest BCUT2D eigenvalue weighted by atomic mass is 10.0. The van der Waals surface area contributed by atoms with E-state index < -0.39 is 5.91 Å². The largest absolute Gasteiger partial charge is 0.484 e. The molecule has 0 aromatic heterocycles. The van der Waals surface area contributed by atoms with Gasteiger partial charge in [0.05, 0.1) is 0 Å². The molecule has 0 radical (unpaired) electrons. The molecule has 0 heterocycles. The standard InChI is InChI=1S/C24H23N3O3S/c1-16-12-17(2)14-21(13-16)30-15-22(28)26-27-24(31)25-23(29)20-10-8-19(9-11-20)18-6-4-3-5-7-18/h3-14H,15H2,1-2H3,(H,26,28)(H2,25,27,29,31). The first-order valence-corrected chi connectivity index (χ1v) is 10.1. The Morgan fingerprint density at radius 1 is 0.839 bits per heavy atom. The lowest BCUT2D eigenvalue weighted by molar-refractivity contribution is -0.123. The van der Waals surface area contributed by atoms with Crippen LogP contribution < -0.4 is 20.9 Å². The minimum absolute atomic E-state index is 0.0168. The molecule has 0 saturated heterocycles. The lowest BCUT2D eigenvalue weighted by Gasteiger charge is -2.12. The van der Waals surface area contributed by atoms with Gasteiger partial charge in [-0.2, -0.15) is 0 Å². The molecule has 6 nitrogen and oxygen atoms in total. The van der Waals surface area contributed by atoms with E-state index in [1.807, 2.05) is 74.5 Å². The molecule has 0 saturated carbocycles. The minimum Gasteiger partial charge on any atom is -0.484 e. The number of hydrogen-bond donors (Lipinski definition) is 3. The van der Waals surface area contributed by atoms with Gasteiger partial charge in [0.25, 0.3) is 11.8 Å². The number of rotatable bonds is 5. The predicted molar refractivity (Wildman–Crippen MR) is 125 cm³/mol. The number of ether oxygens (including phenoxy) is 1. The number of nitrogens with one attached hydrogen (secondary N) is 3. The van der Waals surface area contributed by atoms with Crippen molar-refractivity contribution in [2.24, 2.45) is 0 Å². The Morgan fingerprint density at radius 2 is 1.45 bits per heavy atom. The van der Waals surface area contributed by atoms with E-state index in [0.29, 0.717) is 11.3 Å². The number of benzene rings is 3. The van der Waals surface area contributed by atoms with E-state index in [1.165, 1.54) is 0 Å². The van der Waals surface area contributed by atoms with Crippen molar-refractivity contribution in [1.29, 1.82) is 0 Å². The van der Waals surface area contributed by atoms with Crippen LogP contribution in [0.4, 0.5) is 0 Å². The van der Waals surface area contributed by atoms with E-state index in [4.69, 9.17) is 17.0 Å². The molecular formula is C24H23N3O3S. The van der Waals surface area contributed by atoms with Crippen molar-refractivity contribution in [2.75, 3.05) is 6.61 Å². The highest BCUT2D eigenvalue weighted by molar-refractivity contribution is 7.80. The zero-order valence-corrected chi connectivity index (χ0v) is 18.1. The fourth-order valence-corrected chi connectivity index (χ4v) is 3.12. The van der Waals surface area contributed by atoms with Gasteiger partial charge in [0.1, 0.15) is 5.75 Å². The molecule has 158 valence electrons. The Morgan fingerprint density at radius 3 is 2.10 bits per heavy atom. The molecule has 0 aliphatic carbocycles. The number of amides is 2.